The summed E-state index contributed by atoms with van der Waals surface area (Å²) in [5.74, 6) is -1.10. The van der Waals surface area contributed by atoms with Crippen LogP contribution in [0.5, 0.6) is 0 Å². The third-order valence-electron chi connectivity index (χ3n) is 3.69. The van der Waals surface area contributed by atoms with Crippen molar-refractivity contribution < 1.29 is 32.6 Å². The molecule has 0 unspecified atom stereocenters. The third kappa shape index (κ3) is 6.54. The van der Waals surface area contributed by atoms with Gasteiger partial charge in [0.05, 0.1) is 11.8 Å². The van der Waals surface area contributed by atoms with Crippen molar-refractivity contribution in [3.63, 3.8) is 0 Å². The Bertz CT molecular complexity index is 476. The van der Waals surface area contributed by atoms with Crippen LogP contribution in [0.3, 0.4) is 0 Å². The second-order valence-corrected chi connectivity index (χ2v) is 7.45. The van der Waals surface area contributed by atoms with Crippen LogP contribution in [0.2, 0.25) is 0 Å². The molecule has 0 aromatic heterocycles. The predicted molar refractivity (Wildman–Crippen MR) is 80.6 cm³/mol. The first-order valence-electron chi connectivity index (χ1n) is 7.73. The molecule has 9 heteroatoms. The van der Waals surface area contributed by atoms with Crippen LogP contribution in [0.25, 0.3) is 0 Å². The minimum atomic E-state index is -4.29. The van der Waals surface area contributed by atoms with E-state index >= 15 is 0 Å². The topological polar surface area (TPSA) is 78.9 Å². The first-order valence-corrected chi connectivity index (χ1v) is 7.73. The van der Waals surface area contributed by atoms with Gasteiger partial charge in [-0.05, 0) is 34.1 Å². The number of likely N-dealkylation sites (tertiary alicyclic amines) is 1. The van der Waals surface area contributed by atoms with Crippen molar-refractivity contribution >= 4 is 12.1 Å². The van der Waals surface area contributed by atoms with E-state index in [2.05, 4.69) is 5.32 Å². The van der Waals surface area contributed by atoms with Gasteiger partial charge in [0.25, 0.3) is 0 Å². The Hall–Kier alpha value is -1.51. The Morgan fingerprint density at radius 2 is 1.92 bits per heavy atom. The van der Waals surface area contributed by atoms with Gasteiger partial charge in [-0.15, -0.1) is 0 Å². The molecular formula is C15H25F3N2O4. The number of aliphatic carboxylic acids is 1. The summed E-state index contributed by atoms with van der Waals surface area (Å²) < 4.78 is 42.0. The number of carbonyl (C=O) groups excluding carboxylic acids is 1. The lowest BCUT2D eigenvalue weighted by Crippen LogP contribution is -2.58. The van der Waals surface area contributed by atoms with E-state index in [0.717, 1.165) is 0 Å². The quantitative estimate of drug-likeness (QED) is 0.811. The Morgan fingerprint density at radius 1 is 1.33 bits per heavy atom. The fraction of sp³-hybridized carbons (Fsp3) is 0.867. The molecule has 2 N–H and O–H groups in total. The highest BCUT2D eigenvalue weighted by atomic mass is 19.4. The Labute approximate surface area is 139 Å². The third-order valence-corrected chi connectivity index (χ3v) is 3.69. The van der Waals surface area contributed by atoms with Gasteiger partial charge in [-0.2, -0.15) is 13.2 Å². The average molecular weight is 354 g/mol. The van der Waals surface area contributed by atoms with Crippen molar-refractivity contribution in [2.75, 3.05) is 19.6 Å². The van der Waals surface area contributed by atoms with Gasteiger partial charge in [-0.3, -0.25) is 4.79 Å². The minimum Gasteiger partial charge on any atom is -0.481 e. The number of rotatable bonds is 4. The van der Waals surface area contributed by atoms with Gasteiger partial charge in [0, 0.05) is 25.7 Å². The van der Waals surface area contributed by atoms with Gasteiger partial charge in [-0.1, -0.05) is 0 Å². The number of amides is 1. The lowest BCUT2D eigenvalue weighted by atomic mass is 9.80. The smallest absolute Gasteiger partial charge is 0.410 e. The lowest BCUT2D eigenvalue weighted by Gasteiger charge is -2.42. The summed E-state index contributed by atoms with van der Waals surface area (Å²) >= 11 is 0. The van der Waals surface area contributed by atoms with Crippen molar-refractivity contribution in [1.29, 1.82) is 0 Å². The number of piperidine rings is 1. The molecule has 0 radical (unpaired) electrons. The Balaban J connectivity index is 2.79. The van der Waals surface area contributed by atoms with Gasteiger partial charge in [0.15, 0.2) is 0 Å². The van der Waals surface area contributed by atoms with Crippen LogP contribution in [-0.2, 0) is 9.53 Å². The van der Waals surface area contributed by atoms with Crippen molar-refractivity contribution in [2.45, 2.75) is 58.4 Å². The summed E-state index contributed by atoms with van der Waals surface area (Å²) in [6, 6.07) is -0.547. The highest BCUT2D eigenvalue weighted by Gasteiger charge is 2.44. The van der Waals surface area contributed by atoms with E-state index in [-0.39, 0.29) is 26.1 Å². The number of halogens is 3. The van der Waals surface area contributed by atoms with Crippen LogP contribution in [0.15, 0.2) is 0 Å². The van der Waals surface area contributed by atoms with E-state index in [9.17, 15) is 27.9 Å². The number of carbonyl (C=O) groups is 2. The van der Waals surface area contributed by atoms with Gasteiger partial charge in [0.2, 0.25) is 0 Å². The van der Waals surface area contributed by atoms with Crippen LogP contribution in [0.4, 0.5) is 18.0 Å². The molecule has 1 rings (SSSR count). The molecule has 0 saturated carbocycles. The zero-order valence-electron chi connectivity index (χ0n) is 14.4. The molecular weight excluding hydrogens is 329 g/mol. The van der Waals surface area contributed by atoms with Crippen LogP contribution in [0, 0.1) is 5.41 Å². The summed E-state index contributed by atoms with van der Waals surface area (Å²) in [6.07, 6.45) is -5.83. The monoisotopic (exact) mass is 354 g/mol. The molecule has 0 bridgehead atoms. The van der Waals surface area contributed by atoms with Crippen molar-refractivity contribution in [1.82, 2.24) is 10.2 Å². The molecule has 1 amide bonds. The predicted octanol–water partition coefficient (Wildman–Crippen LogP) is 2.63. The van der Waals surface area contributed by atoms with E-state index in [1.165, 1.54) is 11.8 Å². The number of ether oxygens (including phenoxy) is 1. The number of carboxylic acid groups (broad SMARTS) is 1. The highest BCUT2D eigenvalue weighted by molar-refractivity contribution is 5.76. The van der Waals surface area contributed by atoms with E-state index in [4.69, 9.17) is 4.74 Å². The summed E-state index contributed by atoms with van der Waals surface area (Å²) in [6.45, 7) is 6.26. The fourth-order valence-electron chi connectivity index (χ4n) is 2.60. The molecule has 0 spiro atoms. The van der Waals surface area contributed by atoms with Crippen LogP contribution < -0.4 is 5.32 Å². The molecule has 2 atom stereocenters. The van der Waals surface area contributed by atoms with Gasteiger partial charge >= 0.3 is 18.2 Å². The van der Waals surface area contributed by atoms with Crippen LogP contribution in [-0.4, -0.2) is 59.5 Å². The SMILES string of the molecule is CC(C)(C)OC(=O)N1C[C@@H](NCCC(F)(F)F)C[C@@](C)(C(=O)O)C1. The largest absolute Gasteiger partial charge is 0.481 e. The first kappa shape index (κ1) is 20.5. The maximum absolute atomic E-state index is 12.3. The summed E-state index contributed by atoms with van der Waals surface area (Å²) in [5.41, 5.74) is -1.99. The van der Waals surface area contributed by atoms with E-state index in [1.807, 2.05) is 0 Å². The summed E-state index contributed by atoms with van der Waals surface area (Å²) in [5, 5.41) is 12.1. The molecule has 1 saturated heterocycles. The molecule has 1 fully saturated rings. The molecule has 1 aliphatic rings. The number of hydrogen-bond acceptors (Lipinski definition) is 4. The molecule has 0 aromatic carbocycles. The molecule has 0 aliphatic carbocycles. The van der Waals surface area contributed by atoms with E-state index < -0.39 is 41.7 Å². The number of nitrogens with zero attached hydrogens (tertiary/aromatic N) is 1. The number of nitrogens with one attached hydrogen (secondary N) is 1. The summed E-state index contributed by atoms with van der Waals surface area (Å²) in [7, 11) is 0. The van der Waals surface area contributed by atoms with Crippen molar-refractivity contribution in [3.05, 3.63) is 0 Å². The maximum atomic E-state index is 12.3. The van der Waals surface area contributed by atoms with E-state index in [1.54, 1.807) is 20.8 Å². The van der Waals surface area contributed by atoms with E-state index in [0.29, 0.717) is 0 Å². The number of hydrogen-bond donors (Lipinski definition) is 2. The number of alkyl halides is 3. The normalized spacial score (nSPS) is 25.5. The zero-order chi connectivity index (χ0) is 18.8. The molecule has 1 aliphatic heterocycles. The molecule has 6 nitrogen and oxygen atoms in total. The second kappa shape index (κ2) is 7.16. The van der Waals surface area contributed by atoms with Gasteiger partial charge in [-0.25, -0.2) is 4.79 Å². The van der Waals surface area contributed by atoms with Crippen LogP contribution >= 0.6 is 0 Å². The standard InChI is InChI=1S/C15H25F3N2O4/c1-13(2,3)24-12(23)20-8-10(19-6-5-15(16,17)18)7-14(4,9-20)11(21)22/h10,19H,5-9H2,1-4H3,(H,21,22)/t10-,14+/m0/s1. The Morgan fingerprint density at radius 3 is 2.38 bits per heavy atom. The zero-order valence-corrected chi connectivity index (χ0v) is 14.4. The van der Waals surface area contributed by atoms with Crippen LogP contribution in [0.1, 0.15) is 40.5 Å². The maximum Gasteiger partial charge on any atom is 0.410 e. The minimum absolute atomic E-state index is 0.0469. The average Bonchev–Trinajstić information content (AvgIpc) is 2.34. The first-order chi connectivity index (χ1) is 10.7. The molecule has 24 heavy (non-hydrogen) atoms. The second-order valence-electron chi connectivity index (χ2n) is 7.45. The summed E-state index contributed by atoms with van der Waals surface area (Å²) in [4.78, 5) is 25.0. The van der Waals surface area contributed by atoms with Crippen molar-refractivity contribution in [3.8, 4) is 0 Å². The molecule has 0 aromatic rings. The van der Waals surface area contributed by atoms with Gasteiger partial charge < -0.3 is 20.1 Å². The Kier molecular flexibility index (Phi) is 6.13. The van der Waals surface area contributed by atoms with Gasteiger partial charge in [0.1, 0.15) is 5.60 Å². The fourth-order valence-corrected chi connectivity index (χ4v) is 2.60. The van der Waals surface area contributed by atoms with Crippen molar-refractivity contribution in [2.24, 2.45) is 5.41 Å². The lowest BCUT2D eigenvalue weighted by molar-refractivity contribution is -0.152. The molecule has 1 heterocycles. The highest BCUT2D eigenvalue weighted by Crippen LogP contribution is 2.31. The molecule has 140 valence electrons. The number of carboxylic acids is 1.